The first-order chi connectivity index (χ1) is 5.82. The summed E-state index contributed by atoms with van der Waals surface area (Å²) in [5, 5.41) is 9.30. The van der Waals surface area contributed by atoms with Crippen molar-refractivity contribution in [2.24, 2.45) is 0 Å². The Balaban J connectivity index is 3.50. The van der Waals surface area contributed by atoms with Gasteiger partial charge in [0.25, 0.3) is 0 Å². The molecule has 0 bridgehead atoms. The maximum absolute atomic E-state index is 11.2. The van der Waals surface area contributed by atoms with Gasteiger partial charge in [-0.1, -0.05) is 0 Å². The van der Waals surface area contributed by atoms with Gasteiger partial charge in [-0.3, -0.25) is 0 Å². The highest BCUT2D eigenvalue weighted by atomic mass is 32.2. The van der Waals surface area contributed by atoms with E-state index < -0.39 is 9.84 Å². The molecule has 0 fully saturated rings. The van der Waals surface area contributed by atoms with E-state index in [4.69, 9.17) is 0 Å². The molecule has 72 valence electrons. The number of sulfone groups is 1. The second-order valence-corrected chi connectivity index (χ2v) is 5.16. The summed E-state index contributed by atoms with van der Waals surface area (Å²) < 4.78 is 22.5. The predicted octanol–water partition coefficient (Wildman–Crippen LogP) is 1.41. The Labute approximate surface area is 77.9 Å². The summed E-state index contributed by atoms with van der Waals surface area (Å²) in [7, 11) is -3.18. The smallest absolute Gasteiger partial charge is 0.175 e. The third-order valence-electron chi connectivity index (χ3n) is 1.89. The minimum Gasteiger partial charge on any atom is -0.508 e. The molecule has 0 radical (unpaired) electrons. The van der Waals surface area contributed by atoms with E-state index in [0.29, 0.717) is 11.1 Å². The van der Waals surface area contributed by atoms with E-state index in [-0.39, 0.29) is 10.6 Å². The van der Waals surface area contributed by atoms with E-state index in [9.17, 15) is 13.5 Å². The van der Waals surface area contributed by atoms with Gasteiger partial charge in [-0.25, -0.2) is 8.42 Å². The van der Waals surface area contributed by atoms with Crippen molar-refractivity contribution in [1.29, 1.82) is 0 Å². The Morgan fingerprint density at radius 3 is 2.15 bits per heavy atom. The predicted molar refractivity (Wildman–Crippen MR) is 50.7 cm³/mol. The number of aryl methyl sites for hydroxylation is 2. The highest BCUT2D eigenvalue weighted by Crippen LogP contribution is 2.24. The molecular weight excluding hydrogens is 188 g/mol. The lowest BCUT2D eigenvalue weighted by Crippen LogP contribution is -2.00. The van der Waals surface area contributed by atoms with Crippen molar-refractivity contribution in [3.63, 3.8) is 0 Å². The number of benzene rings is 1. The Bertz CT molecular complexity index is 432. The highest BCUT2D eigenvalue weighted by molar-refractivity contribution is 7.90. The Hall–Kier alpha value is -1.03. The van der Waals surface area contributed by atoms with Crippen LogP contribution in [0.5, 0.6) is 5.75 Å². The van der Waals surface area contributed by atoms with Crippen molar-refractivity contribution in [3.8, 4) is 5.75 Å². The van der Waals surface area contributed by atoms with Crippen molar-refractivity contribution >= 4 is 9.84 Å². The minimum atomic E-state index is -3.18. The van der Waals surface area contributed by atoms with Crippen LogP contribution in [0, 0.1) is 13.8 Å². The van der Waals surface area contributed by atoms with Gasteiger partial charge in [0.05, 0.1) is 4.90 Å². The molecule has 3 nitrogen and oxygen atoms in total. The van der Waals surface area contributed by atoms with Crippen LogP contribution in [0.4, 0.5) is 0 Å². The van der Waals surface area contributed by atoms with Crippen molar-refractivity contribution in [2.75, 3.05) is 6.26 Å². The molecule has 4 heteroatoms. The van der Waals surface area contributed by atoms with Crippen LogP contribution in [-0.4, -0.2) is 19.8 Å². The van der Waals surface area contributed by atoms with Crippen LogP contribution >= 0.6 is 0 Å². The number of phenols is 1. The average Bonchev–Trinajstić information content (AvgIpc) is 1.94. The molecule has 0 unspecified atom stereocenters. The fraction of sp³-hybridized carbons (Fsp3) is 0.333. The summed E-state index contributed by atoms with van der Waals surface area (Å²) in [5.41, 5.74) is 1.15. The van der Waals surface area contributed by atoms with Gasteiger partial charge in [0.15, 0.2) is 9.84 Å². The van der Waals surface area contributed by atoms with Gasteiger partial charge < -0.3 is 5.11 Å². The summed E-state index contributed by atoms with van der Waals surface area (Å²) >= 11 is 0. The maximum Gasteiger partial charge on any atom is 0.175 e. The normalized spacial score (nSPS) is 11.6. The van der Waals surface area contributed by atoms with E-state index >= 15 is 0 Å². The number of rotatable bonds is 1. The van der Waals surface area contributed by atoms with E-state index in [1.54, 1.807) is 13.8 Å². The van der Waals surface area contributed by atoms with Crippen LogP contribution in [0.1, 0.15) is 11.1 Å². The van der Waals surface area contributed by atoms with Crippen molar-refractivity contribution < 1.29 is 13.5 Å². The first kappa shape index (κ1) is 10.1. The first-order valence-electron chi connectivity index (χ1n) is 3.82. The highest BCUT2D eigenvalue weighted by Gasteiger charge is 2.12. The van der Waals surface area contributed by atoms with E-state index in [1.165, 1.54) is 12.1 Å². The van der Waals surface area contributed by atoms with Crippen molar-refractivity contribution in [1.82, 2.24) is 0 Å². The number of phenolic OH excluding ortho intramolecular Hbond substituents is 1. The van der Waals surface area contributed by atoms with Gasteiger partial charge in [-0.05, 0) is 37.1 Å². The molecule has 13 heavy (non-hydrogen) atoms. The molecule has 1 aromatic rings. The van der Waals surface area contributed by atoms with Crippen LogP contribution < -0.4 is 0 Å². The monoisotopic (exact) mass is 200 g/mol. The van der Waals surface area contributed by atoms with Gasteiger partial charge in [-0.2, -0.15) is 0 Å². The second kappa shape index (κ2) is 3.03. The van der Waals surface area contributed by atoms with Crippen LogP contribution in [0.25, 0.3) is 0 Å². The Morgan fingerprint density at radius 1 is 1.15 bits per heavy atom. The third-order valence-corrected chi connectivity index (χ3v) is 3.13. The quantitative estimate of drug-likeness (QED) is 0.745. The summed E-state index contributed by atoms with van der Waals surface area (Å²) in [4.78, 5) is 0.280. The number of hydrogen-bond acceptors (Lipinski definition) is 3. The standard InChI is InChI=1S/C9H12O3S/c1-6-5-9(13(3,11)12)7(2)4-8(6)10/h4-5,10H,1-3H3. The first-order valence-corrected chi connectivity index (χ1v) is 5.72. The molecule has 0 aliphatic rings. The van der Waals surface area contributed by atoms with Gasteiger partial charge in [0, 0.05) is 6.26 Å². The Kier molecular flexibility index (Phi) is 2.34. The zero-order valence-electron chi connectivity index (χ0n) is 7.83. The average molecular weight is 200 g/mol. The minimum absolute atomic E-state index is 0.130. The summed E-state index contributed by atoms with van der Waals surface area (Å²) in [6, 6.07) is 2.95. The van der Waals surface area contributed by atoms with Crippen LogP contribution in [-0.2, 0) is 9.84 Å². The van der Waals surface area contributed by atoms with E-state index in [0.717, 1.165) is 6.26 Å². The fourth-order valence-corrected chi connectivity index (χ4v) is 2.21. The SMILES string of the molecule is Cc1cc(S(C)(=O)=O)c(C)cc1O. The lowest BCUT2D eigenvalue weighted by atomic mass is 10.1. The summed E-state index contributed by atoms with van der Waals surface area (Å²) in [5.74, 6) is 0.130. The van der Waals surface area contributed by atoms with Crippen LogP contribution in [0.3, 0.4) is 0 Å². The maximum atomic E-state index is 11.2. The molecule has 1 N–H and O–H groups in total. The molecule has 0 aliphatic heterocycles. The molecule has 0 amide bonds. The molecule has 0 atom stereocenters. The van der Waals surface area contributed by atoms with Gasteiger partial charge in [0.2, 0.25) is 0 Å². The molecule has 0 heterocycles. The number of aromatic hydroxyl groups is 1. The molecule has 1 aromatic carbocycles. The largest absolute Gasteiger partial charge is 0.508 e. The summed E-state index contributed by atoms with van der Waals surface area (Å²) in [6.07, 6.45) is 1.16. The topological polar surface area (TPSA) is 54.4 Å². The molecular formula is C9H12O3S. The summed E-state index contributed by atoms with van der Waals surface area (Å²) in [6.45, 7) is 3.33. The van der Waals surface area contributed by atoms with Gasteiger partial charge >= 0.3 is 0 Å². The molecule has 0 aromatic heterocycles. The lowest BCUT2D eigenvalue weighted by Gasteiger charge is -2.06. The van der Waals surface area contributed by atoms with Crippen LogP contribution in [0.2, 0.25) is 0 Å². The lowest BCUT2D eigenvalue weighted by molar-refractivity contribution is 0.470. The zero-order chi connectivity index (χ0) is 10.2. The molecule has 0 spiro atoms. The van der Waals surface area contributed by atoms with Crippen molar-refractivity contribution in [3.05, 3.63) is 23.3 Å². The van der Waals surface area contributed by atoms with Crippen molar-refractivity contribution in [2.45, 2.75) is 18.7 Å². The second-order valence-electron chi connectivity index (χ2n) is 3.18. The van der Waals surface area contributed by atoms with Crippen LogP contribution in [0.15, 0.2) is 17.0 Å². The molecule has 0 saturated heterocycles. The Morgan fingerprint density at radius 2 is 1.69 bits per heavy atom. The van der Waals surface area contributed by atoms with E-state index in [1.807, 2.05) is 0 Å². The molecule has 0 aliphatic carbocycles. The molecule has 0 saturated carbocycles. The van der Waals surface area contributed by atoms with Gasteiger partial charge in [0.1, 0.15) is 5.75 Å². The van der Waals surface area contributed by atoms with E-state index in [2.05, 4.69) is 0 Å². The van der Waals surface area contributed by atoms with Gasteiger partial charge in [-0.15, -0.1) is 0 Å². The molecule has 1 rings (SSSR count). The number of hydrogen-bond donors (Lipinski definition) is 1. The fourth-order valence-electron chi connectivity index (χ4n) is 1.17. The third kappa shape index (κ3) is 2.01. The zero-order valence-corrected chi connectivity index (χ0v) is 8.64.